The molecule has 0 amide bonds. The number of esters is 1. The lowest BCUT2D eigenvalue weighted by atomic mass is 10.0. The van der Waals surface area contributed by atoms with Crippen LogP contribution in [0.4, 0.5) is 0 Å². The van der Waals surface area contributed by atoms with Crippen molar-refractivity contribution in [2.45, 2.75) is 104 Å². The van der Waals surface area contributed by atoms with E-state index in [-0.39, 0.29) is 23.0 Å². The smallest absolute Gasteiger partial charge is 0.330 e. The van der Waals surface area contributed by atoms with E-state index in [2.05, 4.69) is 18.2 Å². The summed E-state index contributed by atoms with van der Waals surface area (Å²) in [6.07, 6.45) is 21.0. The molecule has 0 aliphatic carbocycles. The van der Waals surface area contributed by atoms with Gasteiger partial charge in [0, 0.05) is 6.08 Å². The zero-order valence-electron chi connectivity index (χ0n) is 16.9. The van der Waals surface area contributed by atoms with Crippen LogP contribution in [-0.4, -0.2) is 19.1 Å². The summed E-state index contributed by atoms with van der Waals surface area (Å²) in [4.78, 5) is 10.1. The van der Waals surface area contributed by atoms with Crippen molar-refractivity contribution in [3.63, 3.8) is 0 Å². The molecular weight excluding hydrogens is 378 g/mol. The molecule has 0 fully saturated rings. The van der Waals surface area contributed by atoms with Crippen LogP contribution < -0.4 is 5.73 Å². The maximum atomic E-state index is 10.1. The van der Waals surface area contributed by atoms with Crippen LogP contribution in [0.1, 0.15) is 104 Å². The van der Waals surface area contributed by atoms with Crippen molar-refractivity contribution in [2.75, 3.05) is 13.2 Å². The summed E-state index contributed by atoms with van der Waals surface area (Å²) in [5.41, 5.74) is 5.47. The third-order valence-corrected chi connectivity index (χ3v) is 4.01. The minimum absolute atomic E-state index is 0. The van der Waals surface area contributed by atoms with Crippen LogP contribution in [0, 0.1) is 0 Å². The average Bonchev–Trinajstić information content (AvgIpc) is 2.60. The maximum absolute atomic E-state index is 10.1. The van der Waals surface area contributed by atoms with Crippen LogP contribution in [0.15, 0.2) is 12.7 Å². The standard InChI is InChI=1S/C16H35N.C5H8O2.BrH/c1-2-3-4-5-6-7-8-9-10-11-12-13-14-15-16-17;1-3-5(6)7-4-2;/h2-17H2,1H3;3H,1,4H2,2H3;1H. The lowest BCUT2D eigenvalue weighted by Crippen LogP contribution is -1.97. The monoisotopic (exact) mass is 421 g/mol. The van der Waals surface area contributed by atoms with Gasteiger partial charge in [0.05, 0.1) is 6.61 Å². The molecule has 0 saturated carbocycles. The molecule has 0 aromatic carbocycles. The van der Waals surface area contributed by atoms with E-state index >= 15 is 0 Å². The number of nitrogens with two attached hydrogens (primary N) is 1. The minimum Gasteiger partial charge on any atom is -0.463 e. The van der Waals surface area contributed by atoms with Crippen LogP contribution >= 0.6 is 17.0 Å². The van der Waals surface area contributed by atoms with E-state index in [9.17, 15) is 4.79 Å². The van der Waals surface area contributed by atoms with E-state index in [0.29, 0.717) is 6.61 Å². The summed E-state index contributed by atoms with van der Waals surface area (Å²) in [6, 6.07) is 0. The van der Waals surface area contributed by atoms with Crippen LogP contribution in [0.2, 0.25) is 0 Å². The molecule has 0 spiro atoms. The first kappa shape index (κ1) is 29.4. The molecule has 0 rings (SSSR count). The van der Waals surface area contributed by atoms with Gasteiger partial charge in [0.1, 0.15) is 0 Å². The highest BCUT2D eigenvalue weighted by Gasteiger charge is 1.93. The summed E-state index contributed by atoms with van der Waals surface area (Å²) < 4.78 is 4.43. The Hall–Kier alpha value is -0.350. The van der Waals surface area contributed by atoms with Gasteiger partial charge in [0.25, 0.3) is 0 Å². The minimum atomic E-state index is -0.359. The Balaban J connectivity index is -0.000000513. The van der Waals surface area contributed by atoms with Crippen molar-refractivity contribution in [1.29, 1.82) is 0 Å². The van der Waals surface area contributed by atoms with Crippen molar-refractivity contribution in [2.24, 2.45) is 5.73 Å². The molecule has 2 N–H and O–H groups in total. The molecule has 0 aromatic rings. The van der Waals surface area contributed by atoms with Gasteiger partial charge in [-0.05, 0) is 19.9 Å². The van der Waals surface area contributed by atoms with Crippen molar-refractivity contribution < 1.29 is 9.53 Å². The number of ether oxygens (including phenoxy) is 1. The van der Waals surface area contributed by atoms with Gasteiger partial charge >= 0.3 is 5.97 Å². The molecule has 0 atom stereocenters. The van der Waals surface area contributed by atoms with Gasteiger partial charge < -0.3 is 10.5 Å². The molecule has 3 nitrogen and oxygen atoms in total. The van der Waals surface area contributed by atoms with Gasteiger partial charge in [-0.3, -0.25) is 0 Å². The summed E-state index contributed by atoms with van der Waals surface area (Å²) in [7, 11) is 0. The Morgan fingerprint density at radius 1 is 0.800 bits per heavy atom. The molecule has 0 bridgehead atoms. The highest BCUT2D eigenvalue weighted by molar-refractivity contribution is 8.93. The van der Waals surface area contributed by atoms with Gasteiger partial charge in [-0.1, -0.05) is 97.0 Å². The summed E-state index contributed by atoms with van der Waals surface area (Å²) >= 11 is 0. The van der Waals surface area contributed by atoms with Crippen molar-refractivity contribution in [1.82, 2.24) is 0 Å². The SMILES string of the molecule is Br.C=CC(=O)OCC.CCCCCCCCCCCCCCCCN. The maximum Gasteiger partial charge on any atom is 0.330 e. The largest absolute Gasteiger partial charge is 0.463 e. The summed E-state index contributed by atoms with van der Waals surface area (Å²) in [6.45, 7) is 8.54. The zero-order chi connectivity index (χ0) is 18.3. The zero-order valence-corrected chi connectivity index (χ0v) is 18.6. The van der Waals surface area contributed by atoms with Crippen molar-refractivity contribution >= 4 is 23.0 Å². The topological polar surface area (TPSA) is 52.3 Å². The first-order valence-corrected chi connectivity index (χ1v) is 10.2. The fourth-order valence-electron chi connectivity index (χ4n) is 2.54. The molecule has 0 heterocycles. The van der Waals surface area contributed by atoms with Gasteiger partial charge in [-0.15, -0.1) is 17.0 Å². The number of carbonyl (C=O) groups is 1. The Morgan fingerprint density at radius 3 is 1.40 bits per heavy atom. The van der Waals surface area contributed by atoms with Crippen LogP contribution in [0.5, 0.6) is 0 Å². The molecule has 152 valence electrons. The number of rotatable bonds is 16. The van der Waals surface area contributed by atoms with Crippen molar-refractivity contribution in [3.8, 4) is 0 Å². The highest BCUT2D eigenvalue weighted by atomic mass is 79.9. The fraction of sp³-hybridized carbons (Fsp3) is 0.857. The number of halogens is 1. The number of carbonyl (C=O) groups excluding carboxylic acids is 1. The molecule has 0 aliphatic rings. The Kier molecular flexibility index (Phi) is 33.5. The second-order valence-electron chi connectivity index (χ2n) is 6.34. The van der Waals surface area contributed by atoms with E-state index in [0.717, 1.165) is 12.6 Å². The molecule has 0 saturated heterocycles. The van der Waals surface area contributed by atoms with E-state index in [1.807, 2.05) is 0 Å². The second kappa shape index (κ2) is 28.5. The Bertz CT molecular complexity index is 246. The first-order chi connectivity index (χ1) is 11.7. The molecule has 0 aliphatic heterocycles. The molecule has 0 aromatic heterocycles. The van der Waals surface area contributed by atoms with Crippen LogP contribution in [-0.2, 0) is 9.53 Å². The van der Waals surface area contributed by atoms with Crippen molar-refractivity contribution in [3.05, 3.63) is 12.7 Å². The van der Waals surface area contributed by atoms with E-state index < -0.39 is 0 Å². The first-order valence-electron chi connectivity index (χ1n) is 10.2. The summed E-state index contributed by atoms with van der Waals surface area (Å²) in [5.74, 6) is -0.359. The van der Waals surface area contributed by atoms with Gasteiger partial charge in [-0.25, -0.2) is 4.79 Å². The van der Waals surface area contributed by atoms with Gasteiger partial charge in [0.2, 0.25) is 0 Å². The lowest BCUT2D eigenvalue weighted by molar-refractivity contribution is -0.137. The third kappa shape index (κ3) is 31.9. The van der Waals surface area contributed by atoms with Gasteiger partial charge in [0.15, 0.2) is 0 Å². The van der Waals surface area contributed by atoms with Gasteiger partial charge in [-0.2, -0.15) is 0 Å². The third-order valence-electron chi connectivity index (χ3n) is 4.01. The number of unbranched alkanes of at least 4 members (excludes halogenated alkanes) is 13. The quantitative estimate of drug-likeness (QED) is 0.170. The predicted molar refractivity (Wildman–Crippen MR) is 117 cm³/mol. The number of hydrogen-bond acceptors (Lipinski definition) is 3. The predicted octanol–water partition coefficient (Wildman–Crippen LogP) is 6.74. The molecule has 0 radical (unpaired) electrons. The number of hydrogen-bond donors (Lipinski definition) is 1. The summed E-state index contributed by atoms with van der Waals surface area (Å²) in [5, 5.41) is 0. The normalized spacial score (nSPS) is 9.56. The van der Waals surface area contributed by atoms with E-state index in [1.54, 1.807) is 6.92 Å². The van der Waals surface area contributed by atoms with Crippen LogP contribution in [0.25, 0.3) is 0 Å². The average molecular weight is 422 g/mol. The Morgan fingerprint density at radius 2 is 1.16 bits per heavy atom. The lowest BCUT2D eigenvalue weighted by Gasteiger charge is -2.02. The fourth-order valence-corrected chi connectivity index (χ4v) is 2.54. The van der Waals surface area contributed by atoms with E-state index in [1.165, 1.54) is 89.9 Å². The van der Waals surface area contributed by atoms with Crippen LogP contribution in [0.3, 0.4) is 0 Å². The highest BCUT2D eigenvalue weighted by Crippen LogP contribution is 2.12. The molecule has 0 unspecified atom stereocenters. The Labute approximate surface area is 167 Å². The molecular formula is C21H44BrNO2. The van der Waals surface area contributed by atoms with E-state index in [4.69, 9.17) is 5.73 Å². The molecule has 25 heavy (non-hydrogen) atoms. The molecule has 4 heteroatoms. The second-order valence-corrected chi connectivity index (χ2v) is 6.34.